The van der Waals surface area contributed by atoms with Crippen LogP contribution in [0.3, 0.4) is 0 Å². The van der Waals surface area contributed by atoms with Gasteiger partial charge in [0.05, 0.1) is 6.21 Å². The van der Waals surface area contributed by atoms with Gasteiger partial charge in [-0.25, -0.2) is 9.98 Å². The number of aliphatic imine (C=N–C) groups is 2. The fraction of sp³-hybridized carbons (Fsp3) is 0. The van der Waals surface area contributed by atoms with E-state index in [9.17, 15) is 0 Å². The van der Waals surface area contributed by atoms with Crippen LogP contribution in [0.4, 0.5) is 0 Å². The van der Waals surface area contributed by atoms with Crippen molar-refractivity contribution in [3.8, 4) is 0 Å². The Bertz CT molecular complexity index is 190. The molecule has 0 rings (SSSR count). The van der Waals surface area contributed by atoms with Crippen molar-refractivity contribution in [2.45, 2.75) is 0 Å². The van der Waals surface area contributed by atoms with Gasteiger partial charge in [-0.05, 0) is 0 Å². The fourth-order valence-corrected chi connectivity index (χ4v) is 0.276. The number of nitrogens with two attached hydrogens (primary N) is 2. The van der Waals surface area contributed by atoms with Crippen LogP contribution in [0.5, 0.6) is 0 Å². The minimum Gasteiger partial charge on any atom is -0.398 e. The highest BCUT2D eigenvalue weighted by Crippen LogP contribution is 1.74. The van der Waals surface area contributed by atoms with Gasteiger partial charge in [0.25, 0.3) is 0 Å². The SMILES string of the molecule is C=C/N=C(N)\N=C/C(=C)N. The highest BCUT2D eigenvalue weighted by Gasteiger charge is 1.80. The molecule has 0 aromatic heterocycles. The van der Waals surface area contributed by atoms with Crippen molar-refractivity contribution >= 4 is 12.2 Å². The molecule has 0 heterocycles. The summed E-state index contributed by atoms with van der Waals surface area (Å²) < 4.78 is 0. The first kappa shape index (κ1) is 8.42. The second-order valence-corrected chi connectivity index (χ2v) is 1.50. The Kier molecular flexibility index (Phi) is 3.63. The van der Waals surface area contributed by atoms with Gasteiger partial charge in [0.2, 0.25) is 5.96 Å². The third kappa shape index (κ3) is 4.58. The van der Waals surface area contributed by atoms with Crippen molar-refractivity contribution in [1.29, 1.82) is 0 Å². The van der Waals surface area contributed by atoms with Gasteiger partial charge >= 0.3 is 0 Å². The lowest BCUT2D eigenvalue weighted by molar-refractivity contribution is 1.42. The van der Waals surface area contributed by atoms with E-state index in [0.29, 0.717) is 5.70 Å². The number of hydrogen-bond donors (Lipinski definition) is 2. The van der Waals surface area contributed by atoms with Crippen LogP contribution in [0.1, 0.15) is 0 Å². The summed E-state index contributed by atoms with van der Waals surface area (Å²) in [6, 6.07) is 0. The molecule has 0 unspecified atom stereocenters. The van der Waals surface area contributed by atoms with Crippen LogP contribution in [0.2, 0.25) is 0 Å². The number of rotatable bonds is 2. The summed E-state index contributed by atoms with van der Waals surface area (Å²) in [6.45, 7) is 6.71. The first-order chi connectivity index (χ1) is 4.66. The van der Waals surface area contributed by atoms with E-state index in [1.807, 2.05) is 0 Å². The Morgan fingerprint density at radius 3 is 2.40 bits per heavy atom. The zero-order chi connectivity index (χ0) is 7.98. The molecule has 0 aliphatic heterocycles. The van der Waals surface area contributed by atoms with Crippen molar-refractivity contribution in [2.24, 2.45) is 21.5 Å². The van der Waals surface area contributed by atoms with Crippen LogP contribution in [0, 0.1) is 0 Å². The molecule has 0 aromatic rings. The van der Waals surface area contributed by atoms with Crippen molar-refractivity contribution in [1.82, 2.24) is 0 Å². The molecule has 0 fully saturated rings. The van der Waals surface area contributed by atoms with Crippen LogP contribution >= 0.6 is 0 Å². The smallest absolute Gasteiger partial charge is 0.219 e. The molecule has 0 aliphatic carbocycles. The third-order valence-electron chi connectivity index (χ3n) is 0.586. The van der Waals surface area contributed by atoms with Crippen molar-refractivity contribution < 1.29 is 0 Å². The summed E-state index contributed by atoms with van der Waals surface area (Å²) in [5.74, 6) is 0.113. The lowest BCUT2D eigenvalue weighted by atomic mass is 10.6. The molecule has 0 amide bonds. The van der Waals surface area contributed by atoms with Crippen LogP contribution < -0.4 is 11.5 Å². The summed E-state index contributed by atoms with van der Waals surface area (Å²) in [5, 5.41) is 0. The zero-order valence-electron chi connectivity index (χ0n) is 5.62. The molecule has 0 aliphatic rings. The standard InChI is InChI=1S/C6H10N4/c1-3-9-6(8)10-4-5(2)7/h3-4H,1-2,7H2,(H2,8,9)/b10-4-. The van der Waals surface area contributed by atoms with Crippen LogP contribution in [-0.2, 0) is 0 Å². The summed E-state index contributed by atoms with van der Waals surface area (Å²) in [6.07, 6.45) is 2.62. The maximum Gasteiger partial charge on any atom is 0.219 e. The molecule has 4 N–H and O–H groups in total. The van der Waals surface area contributed by atoms with Gasteiger partial charge in [0.1, 0.15) is 0 Å². The van der Waals surface area contributed by atoms with Gasteiger partial charge in [0, 0.05) is 11.9 Å². The highest BCUT2D eigenvalue weighted by atomic mass is 15.0. The van der Waals surface area contributed by atoms with E-state index in [1.165, 1.54) is 12.4 Å². The number of nitrogens with zero attached hydrogens (tertiary/aromatic N) is 2. The molecule has 4 nitrogen and oxygen atoms in total. The maximum absolute atomic E-state index is 5.22. The van der Waals surface area contributed by atoms with Gasteiger partial charge in [-0.2, -0.15) is 0 Å². The van der Waals surface area contributed by atoms with E-state index in [0.717, 1.165) is 0 Å². The van der Waals surface area contributed by atoms with Gasteiger partial charge in [-0.3, -0.25) is 0 Å². The zero-order valence-corrected chi connectivity index (χ0v) is 5.62. The Labute approximate surface area is 59.7 Å². The predicted octanol–water partition coefficient (Wildman–Crippen LogP) is -0.0122. The van der Waals surface area contributed by atoms with Crippen LogP contribution in [-0.4, -0.2) is 12.2 Å². The molecule has 0 bridgehead atoms. The van der Waals surface area contributed by atoms with Crippen molar-refractivity contribution in [3.63, 3.8) is 0 Å². The summed E-state index contributed by atoms with van der Waals surface area (Å²) in [4.78, 5) is 7.18. The first-order valence-corrected chi connectivity index (χ1v) is 2.59. The van der Waals surface area contributed by atoms with E-state index < -0.39 is 0 Å². The van der Waals surface area contributed by atoms with Crippen molar-refractivity contribution in [2.75, 3.05) is 0 Å². The molecular formula is C6H10N4. The Morgan fingerprint density at radius 1 is 1.40 bits per heavy atom. The van der Waals surface area contributed by atoms with Crippen molar-refractivity contribution in [3.05, 3.63) is 25.1 Å². The largest absolute Gasteiger partial charge is 0.398 e. The molecule has 0 saturated heterocycles. The highest BCUT2D eigenvalue weighted by molar-refractivity contribution is 5.91. The average molecular weight is 138 g/mol. The summed E-state index contributed by atoms with van der Waals surface area (Å²) in [5.41, 5.74) is 10.7. The molecule has 0 radical (unpaired) electrons. The average Bonchev–Trinajstić information content (AvgIpc) is 1.85. The predicted molar refractivity (Wildman–Crippen MR) is 43.6 cm³/mol. The number of guanidine groups is 1. The molecule has 10 heavy (non-hydrogen) atoms. The van der Waals surface area contributed by atoms with Crippen LogP contribution in [0.25, 0.3) is 0 Å². The summed E-state index contributed by atoms with van der Waals surface area (Å²) in [7, 11) is 0. The molecule has 0 spiro atoms. The van der Waals surface area contributed by atoms with Gasteiger partial charge in [-0.1, -0.05) is 13.2 Å². The van der Waals surface area contributed by atoms with E-state index in [1.54, 1.807) is 0 Å². The van der Waals surface area contributed by atoms with Gasteiger partial charge < -0.3 is 11.5 Å². The van der Waals surface area contributed by atoms with Gasteiger partial charge in [-0.15, -0.1) is 0 Å². The van der Waals surface area contributed by atoms with E-state index in [4.69, 9.17) is 11.5 Å². The molecule has 0 aromatic carbocycles. The second-order valence-electron chi connectivity index (χ2n) is 1.50. The maximum atomic E-state index is 5.22. The Balaban J connectivity index is 4.01. The second kappa shape index (κ2) is 4.31. The lowest BCUT2D eigenvalue weighted by Crippen LogP contribution is -2.08. The monoisotopic (exact) mass is 138 g/mol. The minimum absolute atomic E-state index is 0.113. The minimum atomic E-state index is 0.113. The molecular weight excluding hydrogens is 128 g/mol. The lowest BCUT2D eigenvalue weighted by Gasteiger charge is -1.87. The molecule has 0 saturated carbocycles. The Hall–Kier alpha value is -1.58. The molecule has 4 heteroatoms. The number of allylic oxidation sites excluding steroid dienone is 1. The third-order valence-corrected chi connectivity index (χ3v) is 0.586. The van der Waals surface area contributed by atoms with Crippen LogP contribution in [0.15, 0.2) is 35.0 Å². The first-order valence-electron chi connectivity index (χ1n) is 2.59. The topological polar surface area (TPSA) is 76.8 Å². The fourth-order valence-electron chi connectivity index (χ4n) is 0.276. The molecule has 54 valence electrons. The van der Waals surface area contributed by atoms with Gasteiger partial charge in [0.15, 0.2) is 0 Å². The normalized spacial score (nSPS) is 11.8. The summed E-state index contributed by atoms with van der Waals surface area (Å²) >= 11 is 0. The number of hydrogen-bond acceptors (Lipinski definition) is 2. The Morgan fingerprint density at radius 2 is 2.00 bits per heavy atom. The quantitative estimate of drug-likeness (QED) is 0.416. The molecule has 0 atom stereocenters. The van der Waals surface area contributed by atoms with E-state index in [-0.39, 0.29) is 5.96 Å². The van der Waals surface area contributed by atoms with E-state index in [2.05, 4.69) is 23.1 Å². The van der Waals surface area contributed by atoms with E-state index >= 15 is 0 Å².